The standard InChI is InChI=1S/C16H23N3O/c1-4-10-19-16(8-9-18-19)15(17-2)12-13-6-5-7-14(11-13)20-3/h5-9,11,15,17H,4,10,12H2,1-3H3. The van der Waals surface area contributed by atoms with Crippen LogP contribution in [0, 0.1) is 0 Å². The van der Waals surface area contributed by atoms with Gasteiger partial charge in [0.05, 0.1) is 18.8 Å². The smallest absolute Gasteiger partial charge is 0.119 e. The second-order valence-corrected chi connectivity index (χ2v) is 4.88. The highest BCUT2D eigenvalue weighted by atomic mass is 16.5. The first-order valence-electron chi connectivity index (χ1n) is 7.10. The summed E-state index contributed by atoms with van der Waals surface area (Å²) in [4.78, 5) is 0. The Morgan fingerprint density at radius 2 is 2.20 bits per heavy atom. The van der Waals surface area contributed by atoms with Gasteiger partial charge in [0.2, 0.25) is 0 Å². The third-order valence-corrected chi connectivity index (χ3v) is 3.46. The van der Waals surface area contributed by atoms with Crippen LogP contribution in [0.5, 0.6) is 5.75 Å². The zero-order valence-corrected chi connectivity index (χ0v) is 12.5. The van der Waals surface area contributed by atoms with Crippen molar-refractivity contribution in [1.82, 2.24) is 15.1 Å². The molecule has 0 bridgehead atoms. The number of rotatable bonds is 7. The van der Waals surface area contributed by atoms with Crippen molar-refractivity contribution in [3.63, 3.8) is 0 Å². The highest BCUT2D eigenvalue weighted by Crippen LogP contribution is 2.21. The molecule has 0 aliphatic rings. The van der Waals surface area contributed by atoms with E-state index in [0.717, 1.165) is 25.1 Å². The highest BCUT2D eigenvalue weighted by Gasteiger charge is 2.15. The first-order chi connectivity index (χ1) is 9.78. The van der Waals surface area contributed by atoms with Crippen LogP contribution in [0.3, 0.4) is 0 Å². The lowest BCUT2D eigenvalue weighted by atomic mass is 10.0. The Bertz CT molecular complexity index is 536. The van der Waals surface area contributed by atoms with Crippen LogP contribution >= 0.6 is 0 Å². The van der Waals surface area contributed by atoms with E-state index in [4.69, 9.17) is 4.74 Å². The minimum Gasteiger partial charge on any atom is -0.497 e. The molecule has 0 amide bonds. The van der Waals surface area contributed by atoms with Gasteiger partial charge in [-0.3, -0.25) is 4.68 Å². The lowest BCUT2D eigenvalue weighted by Gasteiger charge is -2.18. The molecule has 0 saturated heterocycles. The molecule has 1 aromatic carbocycles. The van der Waals surface area contributed by atoms with E-state index in [-0.39, 0.29) is 6.04 Å². The van der Waals surface area contributed by atoms with Gasteiger partial charge in [-0.05, 0) is 43.7 Å². The number of benzene rings is 1. The maximum absolute atomic E-state index is 5.29. The molecule has 2 aromatic rings. The SMILES string of the molecule is CCCn1nccc1C(Cc1cccc(OC)c1)NC. The lowest BCUT2D eigenvalue weighted by Crippen LogP contribution is -2.22. The van der Waals surface area contributed by atoms with E-state index >= 15 is 0 Å². The third kappa shape index (κ3) is 3.39. The van der Waals surface area contributed by atoms with Crippen molar-refractivity contribution in [2.24, 2.45) is 0 Å². The Balaban J connectivity index is 2.17. The van der Waals surface area contributed by atoms with E-state index in [1.54, 1.807) is 7.11 Å². The molecule has 0 spiro atoms. The number of nitrogens with one attached hydrogen (secondary N) is 1. The fourth-order valence-corrected chi connectivity index (χ4v) is 2.43. The molecule has 4 nitrogen and oxygen atoms in total. The number of methoxy groups -OCH3 is 1. The first-order valence-corrected chi connectivity index (χ1v) is 7.10. The molecule has 1 N–H and O–H groups in total. The number of hydrogen-bond acceptors (Lipinski definition) is 3. The summed E-state index contributed by atoms with van der Waals surface area (Å²) in [5, 5.41) is 7.79. The average Bonchev–Trinajstić information content (AvgIpc) is 2.93. The molecule has 0 saturated carbocycles. The molecule has 108 valence electrons. The fraction of sp³-hybridized carbons (Fsp3) is 0.438. The van der Waals surface area contributed by atoms with Crippen molar-refractivity contribution in [3.8, 4) is 5.75 Å². The van der Waals surface area contributed by atoms with Crippen LogP contribution in [0.1, 0.15) is 30.6 Å². The minimum absolute atomic E-state index is 0.260. The monoisotopic (exact) mass is 273 g/mol. The normalized spacial score (nSPS) is 12.3. The first kappa shape index (κ1) is 14.6. The van der Waals surface area contributed by atoms with Crippen LogP contribution in [0.25, 0.3) is 0 Å². The van der Waals surface area contributed by atoms with Crippen LogP contribution in [0.2, 0.25) is 0 Å². The largest absolute Gasteiger partial charge is 0.497 e. The fourth-order valence-electron chi connectivity index (χ4n) is 2.43. The quantitative estimate of drug-likeness (QED) is 0.843. The topological polar surface area (TPSA) is 39.1 Å². The van der Waals surface area contributed by atoms with Gasteiger partial charge in [0.15, 0.2) is 0 Å². The van der Waals surface area contributed by atoms with Crippen LogP contribution in [-0.2, 0) is 13.0 Å². The Kier molecular flexibility index (Phi) is 5.18. The summed E-state index contributed by atoms with van der Waals surface area (Å²) in [6.07, 6.45) is 3.88. The van der Waals surface area contributed by atoms with Crippen molar-refractivity contribution >= 4 is 0 Å². The maximum atomic E-state index is 5.29. The van der Waals surface area contributed by atoms with Gasteiger partial charge < -0.3 is 10.1 Å². The van der Waals surface area contributed by atoms with Gasteiger partial charge in [-0.25, -0.2) is 0 Å². The molecule has 2 rings (SSSR count). The predicted molar refractivity (Wildman–Crippen MR) is 81.0 cm³/mol. The van der Waals surface area contributed by atoms with Crippen LogP contribution in [0.4, 0.5) is 0 Å². The highest BCUT2D eigenvalue weighted by molar-refractivity contribution is 5.29. The molecule has 0 fully saturated rings. The molecule has 0 aliphatic heterocycles. The molecule has 0 radical (unpaired) electrons. The summed E-state index contributed by atoms with van der Waals surface area (Å²) in [7, 11) is 3.69. The van der Waals surface area contributed by atoms with Crippen LogP contribution < -0.4 is 10.1 Å². The summed E-state index contributed by atoms with van der Waals surface area (Å²) in [6.45, 7) is 3.13. The van der Waals surface area contributed by atoms with Crippen LogP contribution in [0.15, 0.2) is 36.5 Å². The number of aromatic nitrogens is 2. The summed E-state index contributed by atoms with van der Waals surface area (Å²) in [5.74, 6) is 0.902. The van der Waals surface area contributed by atoms with Gasteiger partial charge in [0, 0.05) is 12.7 Å². The van der Waals surface area contributed by atoms with Crippen molar-refractivity contribution in [2.45, 2.75) is 32.4 Å². The molecule has 1 atom stereocenters. The Hall–Kier alpha value is -1.81. The zero-order chi connectivity index (χ0) is 14.4. The van der Waals surface area contributed by atoms with Gasteiger partial charge >= 0.3 is 0 Å². The van der Waals surface area contributed by atoms with Gasteiger partial charge in [0.1, 0.15) is 5.75 Å². The summed E-state index contributed by atoms with van der Waals surface area (Å²) >= 11 is 0. The van der Waals surface area contributed by atoms with E-state index < -0.39 is 0 Å². The van der Waals surface area contributed by atoms with Crippen molar-refractivity contribution in [2.75, 3.05) is 14.2 Å². The molecule has 1 heterocycles. The molecule has 0 aliphatic carbocycles. The van der Waals surface area contributed by atoms with E-state index in [1.807, 2.05) is 25.4 Å². The minimum atomic E-state index is 0.260. The van der Waals surface area contributed by atoms with Crippen molar-refractivity contribution < 1.29 is 4.74 Å². The molecule has 1 aromatic heterocycles. The van der Waals surface area contributed by atoms with Crippen molar-refractivity contribution in [1.29, 1.82) is 0 Å². The number of nitrogens with zero attached hydrogens (tertiary/aromatic N) is 2. The Morgan fingerprint density at radius 1 is 1.35 bits per heavy atom. The molecule has 4 heteroatoms. The molecular weight excluding hydrogens is 250 g/mol. The van der Waals surface area contributed by atoms with Crippen molar-refractivity contribution in [3.05, 3.63) is 47.8 Å². The average molecular weight is 273 g/mol. The summed E-state index contributed by atoms with van der Waals surface area (Å²) in [5.41, 5.74) is 2.49. The summed E-state index contributed by atoms with van der Waals surface area (Å²) in [6, 6.07) is 10.6. The number of ether oxygens (including phenoxy) is 1. The van der Waals surface area contributed by atoms with E-state index in [1.165, 1.54) is 11.3 Å². The third-order valence-electron chi connectivity index (χ3n) is 3.46. The number of aryl methyl sites for hydroxylation is 1. The second kappa shape index (κ2) is 7.10. The predicted octanol–water partition coefficient (Wildman–Crippen LogP) is 2.80. The number of likely N-dealkylation sites (N-methyl/N-ethyl adjacent to an activating group) is 1. The van der Waals surface area contributed by atoms with Gasteiger partial charge in [-0.15, -0.1) is 0 Å². The number of hydrogen-bond donors (Lipinski definition) is 1. The molecule has 1 unspecified atom stereocenters. The van der Waals surface area contributed by atoms with E-state index in [9.17, 15) is 0 Å². The summed E-state index contributed by atoms with van der Waals surface area (Å²) < 4.78 is 7.37. The Labute approximate surface area is 120 Å². The van der Waals surface area contributed by atoms with E-state index in [2.05, 4.69) is 40.2 Å². The van der Waals surface area contributed by atoms with E-state index in [0.29, 0.717) is 0 Å². The second-order valence-electron chi connectivity index (χ2n) is 4.88. The van der Waals surface area contributed by atoms with Gasteiger partial charge in [-0.1, -0.05) is 19.1 Å². The van der Waals surface area contributed by atoms with Gasteiger partial charge in [0.25, 0.3) is 0 Å². The zero-order valence-electron chi connectivity index (χ0n) is 12.5. The molecular formula is C16H23N3O. The lowest BCUT2D eigenvalue weighted by molar-refractivity contribution is 0.413. The van der Waals surface area contributed by atoms with Crippen LogP contribution in [-0.4, -0.2) is 23.9 Å². The maximum Gasteiger partial charge on any atom is 0.119 e. The Morgan fingerprint density at radius 3 is 2.90 bits per heavy atom. The van der Waals surface area contributed by atoms with Gasteiger partial charge in [-0.2, -0.15) is 5.10 Å². The molecule has 20 heavy (non-hydrogen) atoms.